The SMILES string of the molecule is C#Cc1cccc(Oc2ccc(-c3nn(CCCCP(=O)(F)OCC)c4ncnc(N)c34)cc2)c1. The summed E-state index contributed by atoms with van der Waals surface area (Å²) >= 11 is 0. The molecule has 180 valence electrons. The minimum Gasteiger partial charge on any atom is -0.457 e. The van der Waals surface area contributed by atoms with Gasteiger partial charge in [-0.15, -0.1) is 6.42 Å². The molecular formula is C25H25FN5O3P. The highest BCUT2D eigenvalue weighted by atomic mass is 31.2. The van der Waals surface area contributed by atoms with Gasteiger partial charge in [-0.05, 0) is 62.2 Å². The Bertz CT molecular complexity index is 1420. The fraction of sp³-hybridized carbons (Fsp3) is 0.240. The van der Waals surface area contributed by atoms with Crippen molar-refractivity contribution in [2.45, 2.75) is 26.3 Å². The molecule has 10 heteroatoms. The van der Waals surface area contributed by atoms with E-state index in [0.717, 1.165) is 11.1 Å². The summed E-state index contributed by atoms with van der Waals surface area (Å²) in [4.78, 5) is 8.47. The summed E-state index contributed by atoms with van der Waals surface area (Å²) in [6.07, 6.45) is 7.64. The van der Waals surface area contributed by atoms with Crippen LogP contribution < -0.4 is 10.5 Å². The minimum atomic E-state index is -4.04. The number of nitrogens with two attached hydrogens (primary N) is 1. The summed E-state index contributed by atoms with van der Waals surface area (Å²) in [6.45, 7) is 2.15. The van der Waals surface area contributed by atoms with Gasteiger partial charge in [-0.3, -0.25) is 4.57 Å². The smallest absolute Gasteiger partial charge is 0.367 e. The van der Waals surface area contributed by atoms with E-state index in [0.29, 0.717) is 53.4 Å². The number of aromatic nitrogens is 4. The van der Waals surface area contributed by atoms with Gasteiger partial charge in [0.05, 0.1) is 18.2 Å². The first kappa shape index (κ1) is 24.4. The maximum absolute atomic E-state index is 13.8. The first-order valence-corrected chi connectivity index (χ1v) is 12.9. The number of ether oxygens (including phenoxy) is 1. The van der Waals surface area contributed by atoms with Gasteiger partial charge in [-0.2, -0.15) is 9.30 Å². The molecule has 0 spiro atoms. The number of unbranched alkanes of at least 4 members (excludes halogenated alkanes) is 1. The van der Waals surface area contributed by atoms with Crippen molar-refractivity contribution in [3.63, 3.8) is 0 Å². The predicted octanol–water partition coefficient (Wildman–Crippen LogP) is 5.83. The molecule has 1 unspecified atom stereocenters. The van der Waals surface area contributed by atoms with Gasteiger partial charge in [-0.25, -0.2) is 14.6 Å². The van der Waals surface area contributed by atoms with Crippen LogP contribution in [0, 0.1) is 12.3 Å². The van der Waals surface area contributed by atoms with E-state index in [2.05, 4.69) is 15.9 Å². The van der Waals surface area contributed by atoms with Crippen LogP contribution in [-0.4, -0.2) is 32.5 Å². The van der Waals surface area contributed by atoms with E-state index in [1.165, 1.54) is 6.33 Å². The Labute approximate surface area is 202 Å². The number of hydrogen-bond donors (Lipinski definition) is 1. The third-order valence-electron chi connectivity index (χ3n) is 5.29. The lowest BCUT2D eigenvalue weighted by Gasteiger charge is -2.08. The highest BCUT2D eigenvalue weighted by Crippen LogP contribution is 2.49. The maximum atomic E-state index is 13.8. The number of benzene rings is 2. The largest absolute Gasteiger partial charge is 0.457 e. The summed E-state index contributed by atoms with van der Waals surface area (Å²) in [6, 6.07) is 14.7. The van der Waals surface area contributed by atoms with Crippen molar-refractivity contribution in [2.24, 2.45) is 0 Å². The van der Waals surface area contributed by atoms with Gasteiger partial charge < -0.3 is 15.0 Å². The van der Waals surface area contributed by atoms with E-state index in [1.807, 2.05) is 42.5 Å². The summed E-state index contributed by atoms with van der Waals surface area (Å²) < 4.78 is 37.8. The van der Waals surface area contributed by atoms with Crippen LogP contribution >= 0.6 is 7.68 Å². The first-order chi connectivity index (χ1) is 16.9. The van der Waals surface area contributed by atoms with E-state index in [9.17, 15) is 8.76 Å². The molecule has 0 aliphatic heterocycles. The van der Waals surface area contributed by atoms with E-state index < -0.39 is 7.68 Å². The molecule has 35 heavy (non-hydrogen) atoms. The molecule has 0 amide bonds. The molecule has 0 fully saturated rings. The second-order valence-electron chi connectivity index (χ2n) is 7.77. The number of aryl methyl sites for hydroxylation is 1. The Morgan fingerprint density at radius 2 is 1.94 bits per heavy atom. The summed E-state index contributed by atoms with van der Waals surface area (Å²) in [5.74, 6) is 4.18. The monoisotopic (exact) mass is 493 g/mol. The summed E-state index contributed by atoms with van der Waals surface area (Å²) in [5.41, 5.74) is 8.91. The molecule has 0 radical (unpaired) electrons. The summed E-state index contributed by atoms with van der Waals surface area (Å²) in [7, 11) is -4.04. The molecule has 0 saturated heterocycles. The number of nitrogen functional groups attached to an aromatic ring is 1. The van der Waals surface area contributed by atoms with Crippen LogP contribution in [0.5, 0.6) is 11.5 Å². The highest BCUT2D eigenvalue weighted by Gasteiger charge is 2.21. The van der Waals surface area contributed by atoms with Gasteiger partial charge in [-0.1, -0.05) is 12.0 Å². The topological polar surface area (TPSA) is 105 Å². The van der Waals surface area contributed by atoms with Crippen molar-refractivity contribution < 1.29 is 18.0 Å². The molecule has 0 aliphatic rings. The third-order valence-corrected chi connectivity index (χ3v) is 6.78. The molecule has 8 nitrogen and oxygen atoms in total. The van der Waals surface area contributed by atoms with Gasteiger partial charge in [0, 0.05) is 17.7 Å². The molecule has 4 aromatic rings. The fourth-order valence-electron chi connectivity index (χ4n) is 3.67. The second kappa shape index (κ2) is 10.7. The second-order valence-corrected chi connectivity index (χ2v) is 9.65. The van der Waals surface area contributed by atoms with Crippen molar-refractivity contribution in [1.29, 1.82) is 0 Å². The molecule has 2 aromatic heterocycles. The number of fused-ring (bicyclic) bond motifs is 1. The van der Waals surface area contributed by atoms with Gasteiger partial charge in [0.2, 0.25) is 0 Å². The molecule has 0 saturated carbocycles. The highest BCUT2D eigenvalue weighted by molar-refractivity contribution is 7.53. The normalized spacial score (nSPS) is 12.8. The van der Waals surface area contributed by atoms with Crippen LogP contribution in [0.2, 0.25) is 0 Å². The number of hydrogen-bond acceptors (Lipinski definition) is 7. The van der Waals surface area contributed by atoms with Crippen molar-refractivity contribution >= 4 is 24.5 Å². The van der Waals surface area contributed by atoms with Crippen LogP contribution in [0.1, 0.15) is 25.3 Å². The average Bonchev–Trinajstić information content (AvgIpc) is 3.22. The van der Waals surface area contributed by atoms with Crippen LogP contribution in [0.4, 0.5) is 10.0 Å². The van der Waals surface area contributed by atoms with Crippen molar-refractivity contribution in [3.8, 4) is 35.1 Å². The maximum Gasteiger partial charge on any atom is 0.367 e. The fourth-order valence-corrected chi connectivity index (χ4v) is 4.79. The molecular weight excluding hydrogens is 468 g/mol. The Kier molecular flexibility index (Phi) is 7.45. The van der Waals surface area contributed by atoms with Crippen molar-refractivity contribution in [3.05, 3.63) is 60.4 Å². The third kappa shape index (κ3) is 5.86. The zero-order chi connectivity index (χ0) is 24.8. The standard InChI is InChI=1S/C25H25FN5O3P/c1-3-18-8-7-9-21(16-18)34-20-12-10-19(11-13-20)23-22-24(27)28-17-29-25(22)31(30-23)14-5-6-15-35(26,32)33-4-2/h1,7-13,16-17H,4-6,14-15H2,2H3,(H2,27,28,29). The van der Waals surface area contributed by atoms with Crippen LogP contribution in [-0.2, 0) is 15.6 Å². The average molecular weight is 493 g/mol. The number of rotatable bonds is 10. The molecule has 1 atom stereocenters. The zero-order valence-corrected chi connectivity index (χ0v) is 20.1. The van der Waals surface area contributed by atoms with Crippen LogP contribution in [0.25, 0.3) is 22.3 Å². The number of nitrogens with zero attached hydrogens (tertiary/aromatic N) is 4. The number of terminal acetylenes is 1. The van der Waals surface area contributed by atoms with Gasteiger partial charge in [0.25, 0.3) is 0 Å². The Balaban J connectivity index is 1.54. The Morgan fingerprint density at radius 3 is 2.69 bits per heavy atom. The molecule has 2 heterocycles. The lowest BCUT2D eigenvalue weighted by molar-refractivity contribution is 0.302. The molecule has 2 aromatic carbocycles. The lowest BCUT2D eigenvalue weighted by Crippen LogP contribution is -2.03. The van der Waals surface area contributed by atoms with E-state index in [-0.39, 0.29) is 12.8 Å². The van der Waals surface area contributed by atoms with Gasteiger partial charge in [0.15, 0.2) is 5.65 Å². The Morgan fingerprint density at radius 1 is 1.14 bits per heavy atom. The van der Waals surface area contributed by atoms with E-state index in [4.69, 9.17) is 26.5 Å². The van der Waals surface area contributed by atoms with Gasteiger partial charge in [0.1, 0.15) is 29.3 Å². The number of anilines is 1. The van der Waals surface area contributed by atoms with Crippen molar-refractivity contribution in [2.75, 3.05) is 18.5 Å². The van der Waals surface area contributed by atoms with Gasteiger partial charge >= 0.3 is 7.68 Å². The quantitative estimate of drug-likeness (QED) is 0.168. The first-order valence-electron chi connectivity index (χ1n) is 11.2. The van der Waals surface area contributed by atoms with Crippen LogP contribution in [0.3, 0.4) is 0 Å². The molecule has 4 rings (SSSR count). The molecule has 2 N–H and O–H groups in total. The lowest BCUT2D eigenvalue weighted by atomic mass is 10.1. The minimum absolute atomic E-state index is 0.0816. The molecule has 0 aliphatic carbocycles. The Hall–Kier alpha value is -3.73. The van der Waals surface area contributed by atoms with Crippen molar-refractivity contribution in [1.82, 2.24) is 19.7 Å². The summed E-state index contributed by atoms with van der Waals surface area (Å²) in [5, 5.41) is 5.34. The predicted molar refractivity (Wildman–Crippen MR) is 134 cm³/mol. The molecule has 0 bridgehead atoms. The van der Waals surface area contributed by atoms with E-state index in [1.54, 1.807) is 17.7 Å². The van der Waals surface area contributed by atoms with Crippen LogP contribution in [0.15, 0.2) is 54.9 Å². The number of halogens is 1. The zero-order valence-electron chi connectivity index (χ0n) is 19.2. The van der Waals surface area contributed by atoms with E-state index >= 15 is 0 Å².